The van der Waals surface area contributed by atoms with E-state index < -0.39 is 0 Å². The molecule has 0 aliphatic heterocycles. The molecule has 1 aliphatic rings. The van der Waals surface area contributed by atoms with Crippen LogP contribution in [-0.2, 0) is 0 Å². The molecule has 4 N–H and O–H groups in total. The van der Waals surface area contributed by atoms with Crippen LogP contribution in [0.15, 0.2) is 6.07 Å². The number of nitrogens with one attached hydrogen (secondary N) is 2. The van der Waals surface area contributed by atoms with E-state index in [4.69, 9.17) is 5.84 Å². The minimum Gasteiger partial charge on any atom is -0.370 e. The molecule has 0 spiro atoms. The maximum atomic E-state index is 5.47. The second-order valence-electron chi connectivity index (χ2n) is 6.02. The van der Waals surface area contributed by atoms with Crippen LogP contribution in [0.1, 0.15) is 64.1 Å². The first-order valence-corrected chi connectivity index (χ1v) is 7.78. The Morgan fingerprint density at radius 1 is 1.20 bits per heavy atom. The van der Waals surface area contributed by atoms with E-state index in [1.165, 1.54) is 38.5 Å². The molecule has 1 aliphatic carbocycles. The molecule has 0 atom stereocenters. The predicted molar refractivity (Wildman–Crippen MR) is 83.6 cm³/mol. The molecule has 1 aromatic heterocycles. The lowest BCUT2D eigenvalue weighted by atomic mass is 9.87. The molecular formula is C15H27N5. The Hall–Kier alpha value is -1.36. The van der Waals surface area contributed by atoms with Crippen LogP contribution < -0.4 is 16.6 Å². The molecule has 5 nitrogen and oxygen atoms in total. The third-order valence-corrected chi connectivity index (χ3v) is 3.99. The maximum absolute atomic E-state index is 5.47. The van der Waals surface area contributed by atoms with Gasteiger partial charge in [-0.2, -0.15) is 0 Å². The molecule has 0 unspecified atom stereocenters. The zero-order valence-corrected chi connectivity index (χ0v) is 12.7. The van der Waals surface area contributed by atoms with Gasteiger partial charge in [-0.1, -0.05) is 46.0 Å². The van der Waals surface area contributed by atoms with Gasteiger partial charge in [0.25, 0.3) is 0 Å². The highest BCUT2D eigenvalue weighted by molar-refractivity contribution is 5.47. The number of nitrogens with two attached hydrogens (primary N) is 1. The lowest BCUT2D eigenvalue weighted by Crippen LogP contribution is -2.15. The Bertz CT molecular complexity index is 413. The van der Waals surface area contributed by atoms with Gasteiger partial charge in [0, 0.05) is 18.5 Å². The van der Waals surface area contributed by atoms with Crippen molar-refractivity contribution >= 4 is 11.6 Å². The Morgan fingerprint density at radius 3 is 2.55 bits per heavy atom. The van der Waals surface area contributed by atoms with Crippen molar-refractivity contribution < 1.29 is 0 Å². The van der Waals surface area contributed by atoms with E-state index >= 15 is 0 Å². The van der Waals surface area contributed by atoms with Gasteiger partial charge in [0.15, 0.2) is 0 Å². The lowest BCUT2D eigenvalue weighted by molar-refractivity contribution is 0.345. The summed E-state index contributed by atoms with van der Waals surface area (Å²) in [5.41, 5.74) is 2.61. The van der Waals surface area contributed by atoms with Crippen molar-refractivity contribution in [3.63, 3.8) is 0 Å². The minimum atomic E-state index is 0.294. The van der Waals surface area contributed by atoms with Crippen LogP contribution in [0, 0.1) is 5.92 Å². The molecular weight excluding hydrogens is 250 g/mol. The van der Waals surface area contributed by atoms with Crippen molar-refractivity contribution in [1.29, 1.82) is 0 Å². The summed E-state index contributed by atoms with van der Waals surface area (Å²) in [5, 5.41) is 3.42. The normalized spacial score (nSPS) is 16.4. The van der Waals surface area contributed by atoms with E-state index in [-0.39, 0.29) is 0 Å². The third-order valence-electron chi connectivity index (χ3n) is 3.99. The number of aromatic nitrogens is 2. The summed E-state index contributed by atoms with van der Waals surface area (Å²) >= 11 is 0. The molecule has 0 amide bonds. The first-order valence-electron chi connectivity index (χ1n) is 7.78. The van der Waals surface area contributed by atoms with Gasteiger partial charge >= 0.3 is 0 Å². The Balaban J connectivity index is 1.89. The molecule has 1 fully saturated rings. The Morgan fingerprint density at radius 2 is 1.90 bits per heavy atom. The highest BCUT2D eigenvalue weighted by atomic mass is 15.3. The molecule has 2 rings (SSSR count). The Kier molecular flexibility index (Phi) is 5.59. The molecule has 0 radical (unpaired) electrons. The van der Waals surface area contributed by atoms with E-state index in [1.807, 2.05) is 6.07 Å². The van der Waals surface area contributed by atoms with Gasteiger partial charge in [-0.05, 0) is 12.3 Å². The number of hydrogen-bond acceptors (Lipinski definition) is 5. The zero-order valence-electron chi connectivity index (χ0n) is 12.7. The highest BCUT2D eigenvalue weighted by Crippen LogP contribution is 2.26. The molecule has 112 valence electrons. The second-order valence-corrected chi connectivity index (χ2v) is 6.02. The number of hydrazine groups is 1. The quantitative estimate of drug-likeness (QED) is 0.549. The molecule has 1 aromatic rings. The first kappa shape index (κ1) is 15.0. The first-order chi connectivity index (χ1) is 9.69. The van der Waals surface area contributed by atoms with Crippen molar-refractivity contribution in [2.45, 2.75) is 58.3 Å². The number of nitrogens with zero attached hydrogens (tertiary/aromatic N) is 2. The van der Waals surface area contributed by atoms with Crippen LogP contribution in [0.3, 0.4) is 0 Å². The van der Waals surface area contributed by atoms with Crippen molar-refractivity contribution in [3.05, 3.63) is 11.9 Å². The summed E-state index contributed by atoms with van der Waals surface area (Å²) in [6, 6.07) is 1.87. The van der Waals surface area contributed by atoms with E-state index in [1.54, 1.807) is 0 Å². The van der Waals surface area contributed by atoms with Crippen LogP contribution in [0.5, 0.6) is 0 Å². The molecule has 0 saturated heterocycles. The number of hydrogen-bond donors (Lipinski definition) is 3. The molecule has 5 heteroatoms. The van der Waals surface area contributed by atoms with Crippen LogP contribution >= 0.6 is 0 Å². The topological polar surface area (TPSA) is 75.9 Å². The summed E-state index contributed by atoms with van der Waals surface area (Å²) in [5.74, 6) is 9.00. The van der Waals surface area contributed by atoms with Crippen LogP contribution in [0.2, 0.25) is 0 Å². The molecule has 0 aromatic carbocycles. The van der Waals surface area contributed by atoms with Gasteiger partial charge in [0.1, 0.15) is 17.5 Å². The average molecular weight is 277 g/mol. The summed E-state index contributed by atoms with van der Waals surface area (Å²) < 4.78 is 0. The van der Waals surface area contributed by atoms with Crippen molar-refractivity contribution in [3.8, 4) is 0 Å². The van der Waals surface area contributed by atoms with Gasteiger partial charge in [-0.15, -0.1) is 0 Å². The largest absolute Gasteiger partial charge is 0.370 e. The average Bonchev–Trinajstić information content (AvgIpc) is 2.48. The summed E-state index contributed by atoms with van der Waals surface area (Å²) in [4.78, 5) is 8.91. The summed E-state index contributed by atoms with van der Waals surface area (Å²) in [7, 11) is 0. The predicted octanol–water partition coefficient (Wildman–Crippen LogP) is 3.27. The third kappa shape index (κ3) is 4.34. The van der Waals surface area contributed by atoms with Crippen molar-refractivity contribution in [2.75, 3.05) is 17.3 Å². The standard InChI is InChI=1S/C15H27N5/c1-11(2)15-18-13(10-14(19-15)20-16)17-9-8-12-6-4-3-5-7-12/h10-12H,3-9,16H2,1-2H3,(H2,17,18,19,20). The van der Waals surface area contributed by atoms with Gasteiger partial charge in [0.05, 0.1) is 0 Å². The zero-order chi connectivity index (χ0) is 14.4. The maximum Gasteiger partial charge on any atom is 0.145 e. The van der Waals surface area contributed by atoms with Gasteiger partial charge in [-0.3, -0.25) is 0 Å². The second kappa shape index (κ2) is 7.43. The van der Waals surface area contributed by atoms with Crippen LogP contribution in [-0.4, -0.2) is 16.5 Å². The van der Waals surface area contributed by atoms with Gasteiger partial charge < -0.3 is 10.7 Å². The fraction of sp³-hybridized carbons (Fsp3) is 0.733. The fourth-order valence-electron chi connectivity index (χ4n) is 2.77. The monoisotopic (exact) mass is 277 g/mol. The van der Waals surface area contributed by atoms with E-state index in [0.717, 1.165) is 24.1 Å². The van der Waals surface area contributed by atoms with E-state index in [0.29, 0.717) is 11.7 Å². The van der Waals surface area contributed by atoms with Crippen LogP contribution in [0.25, 0.3) is 0 Å². The smallest absolute Gasteiger partial charge is 0.145 e. The van der Waals surface area contributed by atoms with E-state index in [9.17, 15) is 0 Å². The number of rotatable bonds is 6. The molecule has 20 heavy (non-hydrogen) atoms. The van der Waals surface area contributed by atoms with Gasteiger partial charge in [0.2, 0.25) is 0 Å². The fourth-order valence-corrected chi connectivity index (χ4v) is 2.77. The molecule has 1 saturated carbocycles. The van der Waals surface area contributed by atoms with Crippen molar-refractivity contribution in [1.82, 2.24) is 9.97 Å². The lowest BCUT2D eigenvalue weighted by Gasteiger charge is -2.21. The Labute approximate surface area is 121 Å². The van der Waals surface area contributed by atoms with Crippen LogP contribution in [0.4, 0.5) is 11.6 Å². The highest BCUT2D eigenvalue weighted by Gasteiger charge is 2.13. The summed E-state index contributed by atoms with van der Waals surface area (Å²) in [6.45, 7) is 5.14. The number of anilines is 2. The minimum absolute atomic E-state index is 0.294. The van der Waals surface area contributed by atoms with Gasteiger partial charge in [-0.25, -0.2) is 15.8 Å². The summed E-state index contributed by atoms with van der Waals surface area (Å²) in [6.07, 6.45) is 8.22. The van der Waals surface area contributed by atoms with Crippen molar-refractivity contribution in [2.24, 2.45) is 11.8 Å². The SMILES string of the molecule is CC(C)c1nc(NN)cc(NCCC2CCCCC2)n1. The molecule has 0 bridgehead atoms. The molecule has 1 heterocycles. The van der Waals surface area contributed by atoms with E-state index in [2.05, 4.69) is 34.6 Å². The number of nitrogen functional groups attached to an aromatic ring is 1.